The van der Waals surface area contributed by atoms with Crippen molar-refractivity contribution in [3.05, 3.63) is 52.0 Å². The normalized spacial score (nSPS) is 14.5. The summed E-state index contributed by atoms with van der Waals surface area (Å²) < 4.78 is 0. The zero-order valence-electron chi connectivity index (χ0n) is 14.5. The maximum absolute atomic E-state index is 12.7. The molecule has 140 valence electrons. The Morgan fingerprint density at radius 1 is 1.04 bits per heavy atom. The molecule has 1 aliphatic rings. The molecule has 2 aromatic rings. The van der Waals surface area contributed by atoms with E-state index in [0.717, 1.165) is 11.4 Å². The van der Waals surface area contributed by atoms with Crippen molar-refractivity contribution in [2.24, 2.45) is 5.73 Å². The van der Waals surface area contributed by atoms with E-state index in [2.05, 4.69) is 4.98 Å². The Balaban J connectivity index is 0.00000243. The quantitative estimate of drug-likeness (QED) is 0.860. The zero-order valence-corrected chi connectivity index (χ0v) is 16.1. The predicted octanol–water partition coefficient (Wildman–Crippen LogP) is 2.05. The number of hydrogen-bond acceptors (Lipinski definition) is 5. The van der Waals surface area contributed by atoms with E-state index >= 15 is 0 Å². The minimum absolute atomic E-state index is 0. The molecule has 26 heavy (non-hydrogen) atoms. The number of halogens is 1. The van der Waals surface area contributed by atoms with Crippen molar-refractivity contribution in [2.75, 3.05) is 32.7 Å². The second-order valence-electron chi connectivity index (χ2n) is 5.97. The van der Waals surface area contributed by atoms with Crippen molar-refractivity contribution < 1.29 is 9.59 Å². The largest absolute Gasteiger partial charge is 0.337 e. The van der Waals surface area contributed by atoms with Gasteiger partial charge in [0.25, 0.3) is 11.8 Å². The van der Waals surface area contributed by atoms with Gasteiger partial charge in [0.2, 0.25) is 0 Å². The van der Waals surface area contributed by atoms with Gasteiger partial charge in [0.05, 0.1) is 5.01 Å². The van der Waals surface area contributed by atoms with Crippen molar-refractivity contribution in [2.45, 2.75) is 12.8 Å². The predicted molar refractivity (Wildman–Crippen MR) is 105 cm³/mol. The Labute approximate surface area is 163 Å². The number of hydrogen-bond donors (Lipinski definition) is 1. The van der Waals surface area contributed by atoms with E-state index in [9.17, 15) is 9.59 Å². The first-order valence-electron chi connectivity index (χ1n) is 8.47. The lowest BCUT2D eigenvalue weighted by molar-refractivity contribution is 0.0716. The lowest BCUT2D eigenvalue weighted by Gasteiger charge is -2.21. The molecule has 2 N–H and O–H groups in total. The summed E-state index contributed by atoms with van der Waals surface area (Å²) in [5.41, 5.74) is 6.71. The highest BCUT2D eigenvalue weighted by atomic mass is 35.5. The lowest BCUT2D eigenvalue weighted by atomic mass is 10.2. The van der Waals surface area contributed by atoms with Crippen LogP contribution in [0.5, 0.6) is 0 Å². The number of rotatable bonds is 4. The summed E-state index contributed by atoms with van der Waals surface area (Å²) in [5.74, 6) is -0.0395. The van der Waals surface area contributed by atoms with Gasteiger partial charge in [-0.2, -0.15) is 0 Å². The van der Waals surface area contributed by atoms with Crippen molar-refractivity contribution >= 4 is 35.6 Å². The first-order chi connectivity index (χ1) is 12.2. The highest BCUT2D eigenvalue weighted by molar-refractivity contribution is 7.09. The van der Waals surface area contributed by atoms with Gasteiger partial charge in [-0.15, -0.1) is 23.7 Å². The van der Waals surface area contributed by atoms with E-state index in [-0.39, 0.29) is 24.2 Å². The summed E-state index contributed by atoms with van der Waals surface area (Å²) in [5, 5.41) is 2.69. The third kappa shape index (κ3) is 4.81. The molecule has 0 aliphatic carbocycles. The molecule has 6 nitrogen and oxygen atoms in total. The molecule has 1 aromatic heterocycles. The van der Waals surface area contributed by atoms with E-state index in [0.29, 0.717) is 50.4 Å². The van der Waals surface area contributed by atoms with Crippen LogP contribution in [0, 0.1) is 0 Å². The summed E-state index contributed by atoms with van der Waals surface area (Å²) in [4.78, 5) is 33.2. The molecule has 3 rings (SSSR count). The Kier molecular flexibility index (Phi) is 7.56. The first-order valence-corrected chi connectivity index (χ1v) is 9.35. The number of thiazole rings is 1. The molecular weight excluding hydrogens is 372 g/mol. The molecule has 2 amide bonds. The van der Waals surface area contributed by atoms with E-state index < -0.39 is 0 Å². The van der Waals surface area contributed by atoms with Gasteiger partial charge in [-0.05, 0) is 25.1 Å². The summed E-state index contributed by atoms with van der Waals surface area (Å²) in [6, 6.07) is 9.27. The molecule has 0 spiro atoms. The number of amides is 2. The Morgan fingerprint density at radius 3 is 2.35 bits per heavy atom. The van der Waals surface area contributed by atoms with E-state index in [4.69, 9.17) is 5.73 Å². The fourth-order valence-electron chi connectivity index (χ4n) is 2.90. The zero-order chi connectivity index (χ0) is 17.6. The van der Waals surface area contributed by atoms with Crippen molar-refractivity contribution in [3.63, 3.8) is 0 Å². The molecule has 1 fully saturated rings. The molecule has 2 heterocycles. The smallest absolute Gasteiger partial charge is 0.273 e. The molecule has 1 saturated heterocycles. The second kappa shape index (κ2) is 9.66. The number of carbonyl (C=O) groups excluding carboxylic acids is 2. The van der Waals surface area contributed by atoms with Crippen LogP contribution in [0.1, 0.15) is 32.3 Å². The van der Waals surface area contributed by atoms with Crippen molar-refractivity contribution in [1.29, 1.82) is 0 Å². The molecule has 8 heteroatoms. The fraction of sp³-hybridized carbons (Fsp3) is 0.389. The fourth-order valence-corrected chi connectivity index (χ4v) is 3.68. The number of nitrogens with zero attached hydrogens (tertiary/aromatic N) is 3. The van der Waals surface area contributed by atoms with Crippen molar-refractivity contribution in [1.82, 2.24) is 14.8 Å². The van der Waals surface area contributed by atoms with Gasteiger partial charge >= 0.3 is 0 Å². The standard InChI is InChI=1S/C18H22N4O2S.ClH/c19-8-7-16-20-15(13-25-16)18(24)22-10-4-9-21(11-12-22)17(23)14-5-2-1-3-6-14;/h1-3,5-6,13H,4,7-12,19H2;1H. The summed E-state index contributed by atoms with van der Waals surface area (Å²) in [6.07, 6.45) is 1.46. The van der Waals surface area contributed by atoms with Gasteiger partial charge in [0.1, 0.15) is 5.69 Å². The van der Waals surface area contributed by atoms with Gasteiger partial charge in [-0.3, -0.25) is 9.59 Å². The van der Waals surface area contributed by atoms with Crippen LogP contribution in [0.2, 0.25) is 0 Å². The van der Waals surface area contributed by atoms with E-state index in [1.54, 1.807) is 10.3 Å². The van der Waals surface area contributed by atoms with Crippen LogP contribution >= 0.6 is 23.7 Å². The number of nitrogens with two attached hydrogens (primary N) is 1. The highest BCUT2D eigenvalue weighted by Gasteiger charge is 2.24. The molecule has 0 unspecified atom stereocenters. The van der Waals surface area contributed by atoms with Crippen molar-refractivity contribution in [3.8, 4) is 0 Å². The molecule has 0 saturated carbocycles. The third-order valence-corrected chi connectivity index (χ3v) is 5.13. The van der Waals surface area contributed by atoms with Crippen LogP contribution in [0.4, 0.5) is 0 Å². The van der Waals surface area contributed by atoms with Crippen LogP contribution in [0.3, 0.4) is 0 Å². The average molecular weight is 395 g/mol. The Morgan fingerprint density at radius 2 is 1.69 bits per heavy atom. The van der Waals surface area contributed by atoms with E-state index in [1.807, 2.05) is 35.2 Å². The maximum Gasteiger partial charge on any atom is 0.273 e. The average Bonchev–Trinajstić information content (AvgIpc) is 2.97. The minimum atomic E-state index is -0.0615. The summed E-state index contributed by atoms with van der Waals surface area (Å²) in [6.45, 7) is 2.90. The maximum atomic E-state index is 12.7. The van der Waals surface area contributed by atoms with Crippen LogP contribution < -0.4 is 5.73 Å². The monoisotopic (exact) mass is 394 g/mol. The van der Waals surface area contributed by atoms with Gasteiger partial charge in [-0.25, -0.2) is 4.98 Å². The molecule has 0 bridgehead atoms. The molecule has 1 aliphatic heterocycles. The lowest BCUT2D eigenvalue weighted by Crippen LogP contribution is -2.37. The Bertz CT molecular complexity index is 738. The van der Waals surface area contributed by atoms with Crippen LogP contribution in [0.15, 0.2) is 35.7 Å². The first kappa shape index (κ1) is 20.4. The number of carbonyl (C=O) groups is 2. The SMILES string of the molecule is Cl.NCCc1nc(C(=O)N2CCCN(C(=O)c3ccccc3)CC2)cs1. The van der Waals surface area contributed by atoms with Gasteiger partial charge in [-0.1, -0.05) is 18.2 Å². The van der Waals surface area contributed by atoms with Crippen LogP contribution in [-0.4, -0.2) is 59.3 Å². The minimum Gasteiger partial charge on any atom is -0.337 e. The molecule has 1 aromatic carbocycles. The summed E-state index contributed by atoms with van der Waals surface area (Å²) in [7, 11) is 0. The molecular formula is C18H23ClN4O2S. The third-order valence-electron chi connectivity index (χ3n) is 4.22. The molecule has 0 atom stereocenters. The number of aromatic nitrogens is 1. The van der Waals surface area contributed by atoms with E-state index in [1.165, 1.54) is 11.3 Å². The highest BCUT2D eigenvalue weighted by Crippen LogP contribution is 2.15. The van der Waals surface area contributed by atoms with Gasteiger partial charge < -0.3 is 15.5 Å². The molecule has 0 radical (unpaired) electrons. The van der Waals surface area contributed by atoms with Crippen LogP contribution in [0.25, 0.3) is 0 Å². The van der Waals surface area contributed by atoms with Crippen LogP contribution in [-0.2, 0) is 6.42 Å². The summed E-state index contributed by atoms with van der Waals surface area (Å²) >= 11 is 1.47. The topological polar surface area (TPSA) is 79.5 Å². The number of benzene rings is 1. The Hall–Kier alpha value is -1.96. The van der Waals surface area contributed by atoms with Gasteiger partial charge in [0.15, 0.2) is 0 Å². The van der Waals surface area contributed by atoms with Gasteiger partial charge in [0, 0.05) is 43.5 Å². The second-order valence-corrected chi connectivity index (χ2v) is 6.91.